The Bertz CT molecular complexity index is 1820. The molecule has 2 fully saturated rings. The van der Waals surface area contributed by atoms with Gasteiger partial charge in [-0.3, -0.25) is 0 Å². The standard InChI is InChI=1S/C45H64BNO4/c1-12-14-20-31-25-26-35-34-22-16-17-23-37(34)47(40(35)33(31)21-15-13-2)38-29-32(43(6,7)30-42(3,4)5)28-36(41(38)49-39-24-18-19-27-48-39)46-50-44(8,9)45(10,11)51-46/h16-17,22-23,25-26,28-29,39H,12-15,18-21,24,27,30H2,1-11H3. The van der Waals surface area contributed by atoms with E-state index in [-0.39, 0.29) is 17.1 Å². The lowest BCUT2D eigenvalue weighted by Gasteiger charge is -2.35. The van der Waals surface area contributed by atoms with Gasteiger partial charge in [0, 0.05) is 22.7 Å². The van der Waals surface area contributed by atoms with Gasteiger partial charge in [0.15, 0.2) is 6.29 Å². The second kappa shape index (κ2) is 14.6. The summed E-state index contributed by atoms with van der Waals surface area (Å²) in [5.74, 6) is 0.804. The second-order valence-corrected chi connectivity index (χ2v) is 18.2. The molecule has 1 aromatic heterocycles. The molecule has 0 aliphatic carbocycles. The van der Waals surface area contributed by atoms with Crippen molar-refractivity contribution in [3.63, 3.8) is 0 Å². The molecule has 0 amide bonds. The zero-order valence-corrected chi connectivity index (χ0v) is 33.6. The molecule has 0 saturated carbocycles. The fourth-order valence-corrected chi connectivity index (χ4v) is 8.48. The van der Waals surface area contributed by atoms with Gasteiger partial charge in [-0.1, -0.05) is 97.7 Å². The van der Waals surface area contributed by atoms with Crippen molar-refractivity contribution >= 4 is 34.4 Å². The zero-order valence-electron chi connectivity index (χ0n) is 33.6. The van der Waals surface area contributed by atoms with Crippen molar-refractivity contribution in [2.45, 2.75) is 163 Å². The summed E-state index contributed by atoms with van der Waals surface area (Å²) in [6, 6.07) is 18.5. The molecule has 4 aromatic rings. The summed E-state index contributed by atoms with van der Waals surface area (Å²) in [6.45, 7) is 25.6. The number of aromatic nitrogens is 1. The number of ether oxygens (including phenoxy) is 2. The molecular formula is C45H64BNO4. The summed E-state index contributed by atoms with van der Waals surface area (Å²) in [5, 5.41) is 2.57. The number of rotatable bonds is 12. The highest BCUT2D eigenvalue weighted by Crippen LogP contribution is 2.44. The van der Waals surface area contributed by atoms with Crippen LogP contribution in [0.4, 0.5) is 0 Å². The molecule has 1 unspecified atom stereocenters. The Balaban J connectivity index is 1.73. The Kier molecular flexibility index (Phi) is 10.8. The Morgan fingerprint density at radius 2 is 1.53 bits per heavy atom. The van der Waals surface area contributed by atoms with Crippen LogP contribution in [0.3, 0.4) is 0 Å². The Hall–Kier alpha value is -2.80. The normalized spacial score (nSPS) is 19.4. The minimum absolute atomic E-state index is 0.133. The van der Waals surface area contributed by atoms with E-state index >= 15 is 0 Å². The zero-order chi connectivity index (χ0) is 36.8. The highest BCUT2D eigenvalue weighted by atomic mass is 16.7. The number of nitrogens with zero attached hydrogens (tertiary/aromatic N) is 1. The maximum Gasteiger partial charge on any atom is 0.498 e. The average molecular weight is 694 g/mol. The lowest BCUT2D eigenvalue weighted by atomic mass is 9.69. The molecule has 2 aliphatic heterocycles. The van der Waals surface area contributed by atoms with Gasteiger partial charge < -0.3 is 23.3 Å². The van der Waals surface area contributed by atoms with E-state index in [0.717, 1.165) is 68.3 Å². The van der Waals surface area contributed by atoms with Gasteiger partial charge in [0.1, 0.15) is 5.75 Å². The van der Waals surface area contributed by atoms with Gasteiger partial charge in [0.05, 0.1) is 34.5 Å². The first kappa shape index (κ1) is 37.9. The van der Waals surface area contributed by atoms with Crippen LogP contribution in [0.1, 0.15) is 144 Å². The Labute approximate surface area is 308 Å². The minimum atomic E-state index is -0.592. The first-order chi connectivity index (χ1) is 24.1. The van der Waals surface area contributed by atoms with Crippen LogP contribution in [0.25, 0.3) is 27.5 Å². The van der Waals surface area contributed by atoms with Gasteiger partial charge in [-0.2, -0.15) is 0 Å². The first-order valence-corrected chi connectivity index (χ1v) is 19.9. The van der Waals surface area contributed by atoms with Crippen molar-refractivity contribution in [2.75, 3.05) is 6.61 Å². The molecule has 6 heteroatoms. The molecule has 0 radical (unpaired) electrons. The van der Waals surface area contributed by atoms with E-state index in [1.54, 1.807) is 0 Å². The van der Waals surface area contributed by atoms with Crippen LogP contribution in [0, 0.1) is 5.41 Å². The fraction of sp³-hybridized carbons (Fsp3) is 0.600. The SMILES string of the molecule is CCCCc1ccc2c3ccccc3n(-c3cc(C(C)(C)CC(C)(C)C)cc(B4OC(C)(C)C(C)(C)O4)c3OC3CCCCO3)c2c1CCCC. The maximum atomic E-state index is 7.17. The Morgan fingerprint density at radius 3 is 2.18 bits per heavy atom. The van der Waals surface area contributed by atoms with Crippen LogP contribution in [-0.4, -0.2) is 35.8 Å². The molecule has 3 aromatic carbocycles. The molecule has 276 valence electrons. The molecule has 3 heterocycles. The third-order valence-electron chi connectivity index (χ3n) is 11.6. The molecule has 6 rings (SSSR count). The predicted octanol–water partition coefficient (Wildman–Crippen LogP) is 11.4. The van der Waals surface area contributed by atoms with Gasteiger partial charge in [0.2, 0.25) is 0 Å². The molecule has 1 atom stereocenters. The van der Waals surface area contributed by atoms with Gasteiger partial charge in [0.25, 0.3) is 0 Å². The van der Waals surface area contributed by atoms with E-state index in [0.29, 0.717) is 6.61 Å². The first-order valence-electron chi connectivity index (χ1n) is 19.9. The third kappa shape index (κ3) is 7.66. The molecule has 5 nitrogen and oxygen atoms in total. The van der Waals surface area contributed by atoms with Crippen LogP contribution in [-0.2, 0) is 32.3 Å². The van der Waals surface area contributed by atoms with Gasteiger partial charge in [-0.05, 0) is 112 Å². The number of hydrogen-bond donors (Lipinski definition) is 0. The van der Waals surface area contributed by atoms with E-state index in [2.05, 4.69) is 129 Å². The number of para-hydroxylation sites is 1. The summed E-state index contributed by atoms with van der Waals surface area (Å²) < 4.78 is 29.8. The van der Waals surface area contributed by atoms with Crippen LogP contribution in [0.2, 0.25) is 0 Å². The molecule has 51 heavy (non-hydrogen) atoms. The number of unbranched alkanes of at least 4 members (excludes halogenated alkanes) is 2. The van der Waals surface area contributed by atoms with E-state index in [1.165, 1.54) is 51.3 Å². The maximum absolute atomic E-state index is 7.17. The number of hydrogen-bond acceptors (Lipinski definition) is 4. The lowest BCUT2D eigenvalue weighted by Crippen LogP contribution is -2.41. The number of aryl methyl sites for hydroxylation is 2. The second-order valence-electron chi connectivity index (χ2n) is 18.2. The number of fused-ring (bicyclic) bond motifs is 3. The average Bonchev–Trinajstić information content (AvgIpc) is 3.51. The molecular weight excluding hydrogens is 629 g/mol. The van der Waals surface area contributed by atoms with Crippen LogP contribution >= 0.6 is 0 Å². The van der Waals surface area contributed by atoms with Crippen LogP contribution < -0.4 is 10.2 Å². The van der Waals surface area contributed by atoms with E-state index in [1.807, 2.05) is 0 Å². The van der Waals surface area contributed by atoms with Crippen LogP contribution in [0.15, 0.2) is 48.5 Å². The largest absolute Gasteiger partial charge is 0.498 e. The molecule has 0 N–H and O–H groups in total. The van der Waals surface area contributed by atoms with E-state index in [4.69, 9.17) is 18.8 Å². The lowest BCUT2D eigenvalue weighted by molar-refractivity contribution is -0.105. The van der Waals surface area contributed by atoms with Crippen molar-refractivity contribution in [3.05, 3.63) is 65.2 Å². The van der Waals surface area contributed by atoms with Crippen molar-refractivity contribution in [3.8, 4) is 11.4 Å². The minimum Gasteiger partial charge on any atom is -0.463 e. The summed E-state index contributed by atoms with van der Waals surface area (Å²) in [7, 11) is -0.592. The molecule has 0 bridgehead atoms. The quantitative estimate of drug-likeness (QED) is 0.139. The van der Waals surface area contributed by atoms with Crippen molar-refractivity contribution in [1.29, 1.82) is 0 Å². The molecule has 0 spiro atoms. The molecule has 2 aliphatic rings. The van der Waals surface area contributed by atoms with Gasteiger partial charge >= 0.3 is 7.12 Å². The van der Waals surface area contributed by atoms with Crippen molar-refractivity contribution < 1.29 is 18.8 Å². The number of benzene rings is 3. The smallest absolute Gasteiger partial charge is 0.463 e. The summed E-state index contributed by atoms with van der Waals surface area (Å²) >= 11 is 0. The fourth-order valence-electron chi connectivity index (χ4n) is 8.48. The monoisotopic (exact) mass is 693 g/mol. The van der Waals surface area contributed by atoms with Crippen molar-refractivity contribution in [1.82, 2.24) is 4.57 Å². The Morgan fingerprint density at radius 1 is 0.843 bits per heavy atom. The van der Waals surface area contributed by atoms with E-state index in [9.17, 15) is 0 Å². The predicted molar refractivity (Wildman–Crippen MR) is 215 cm³/mol. The summed E-state index contributed by atoms with van der Waals surface area (Å²) in [6.07, 6.45) is 10.5. The summed E-state index contributed by atoms with van der Waals surface area (Å²) in [4.78, 5) is 0. The highest BCUT2D eigenvalue weighted by molar-refractivity contribution is 6.63. The van der Waals surface area contributed by atoms with E-state index < -0.39 is 18.3 Å². The third-order valence-corrected chi connectivity index (χ3v) is 11.6. The summed E-state index contributed by atoms with van der Waals surface area (Å²) in [5.41, 5.74) is 7.68. The topological polar surface area (TPSA) is 41.9 Å². The van der Waals surface area contributed by atoms with Gasteiger partial charge in [-0.25, -0.2) is 0 Å². The van der Waals surface area contributed by atoms with Gasteiger partial charge in [-0.15, -0.1) is 0 Å². The molecule has 2 saturated heterocycles. The van der Waals surface area contributed by atoms with Crippen LogP contribution in [0.5, 0.6) is 5.75 Å². The van der Waals surface area contributed by atoms with Crippen molar-refractivity contribution in [2.24, 2.45) is 5.41 Å². The highest BCUT2D eigenvalue weighted by Gasteiger charge is 2.53.